The van der Waals surface area contributed by atoms with Crippen LogP contribution in [0.4, 0.5) is 5.69 Å². The zero-order valence-electron chi connectivity index (χ0n) is 12.1. The molecule has 19 heavy (non-hydrogen) atoms. The maximum atomic E-state index is 11.9. The molecule has 104 valence electrons. The van der Waals surface area contributed by atoms with Gasteiger partial charge in [0.25, 0.3) is 0 Å². The summed E-state index contributed by atoms with van der Waals surface area (Å²) >= 11 is 0. The average Bonchev–Trinajstić information content (AvgIpc) is 2.38. The van der Waals surface area contributed by atoms with Gasteiger partial charge in [0.2, 0.25) is 0 Å². The van der Waals surface area contributed by atoms with E-state index in [4.69, 9.17) is 0 Å². The van der Waals surface area contributed by atoms with Crippen molar-refractivity contribution in [2.75, 3.05) is 18.9 Å². The number of anilines is 1. The van der Waals surface area contributed by atoms with Crippen molar-refractivity contribution in [3.8, 4) is 0 Å². The maximum absolute atomic E-state index is 11.9. The van der Waals surface area contributed by atoms with Gasteiger partial charge in [0, 0.05) is 19.3 Å². The monoisotopic (exact) mass is 262 g/mol. The number of nitrogens with one attached hydrogen (secondary N) is 1. The minimum Gasteiger partial charge on any atom is -0.338 e. The molecule has 0 heterocycles. The summed E-state index contributed by atoms with van der Waals surface area (Å²) in [6.07, 6.45) is 1.90. The van der Waals surface area contributed by atoms with Crippen LogP contribution in [0.3, 0.4) is 0 Å². The Morgan fingerprint density at radius 1 is 1.26 bits per heavy atom. The fourth-order valence-electron chi connectivity index (χ4n) is 1.80. The zero-order chi connectivity index (χ0) is 14.4. The molecule has 1 aromatic carbocycles. The Morgan fingerprint density at radius 3 is 2.53 bits per heavy atom. The highest BCUT2D eigenvalue weighted by Gasteiger charge is 2.18. The molecule has 0 unspecified atom stereocenters. The molecular formula is C15H22N2O2. The van der Waals surface area contributed by atoms with Crippen molar-refractivity contribution < 1.29 is 9.59 Å². The molecule has 2 amide bonds. The molecule has 1 rings (SSSR count). The van der Waals surface area contributed by atoms with E-state index in [0.717, 1.165) is 24.0 Å². The van der Waals surface area contributed by atoms with Gasteiger partial charge in [-0.25, -0.2) is 0 Å². The van der Waals surface area contributed by atoms with Crippen LogP contribution in [0.2, 0.25) is 0 Å². The van der Waals surface area contributed by atoms with Crippen molar-refractivity contribution in [1.29, 1.82) is 0 Å². The van der Waals surface area contributed by atoms with Gasteiger partial charge in [-0.1, -0.05) is 31.0 Å². The SMILES string of the molecule is CCCCN(C)C(=O)C(=O)Nc1ccc(C)cc1C. The quantitative estimate of drug-likeness (QED) is 0.848. The number of carbonyl (C=O) groups excluding carboxylic acids is 2. The van der Waals surface area contributed by atoms with Crippen LogP contribution in [0.5, 0.6) is 0 Å². The van der Waals surface area contributed by atoms with E-state index in [1.54, 1.807) is 7.05 Å². The molecule has 1 aromatic rings. The van der Waals surface area contributed by atoms with Gasteiger partial charge >= 0.3 is 11.8 Å². The summed E-state index contributed by atoms with van der Waals surface area (Å²) in [5, 5.41) is 2.66. The largest absolute Gasteiger partial charge is 0.338 e. The molecule has 0 aromatic heterocycles. The number of amides is 2. The van der Waals surface area contributed by atoms with Crippen LogP contribution in [0, 0.1) is 13.8 Å². The normalized spacial score (nSPS) is 10.1. The topological polar surface area (TPSA) is 49.4 Å². The van der Waals surface area contributed by atoms with Gasteiger partial charge in [-0.2, -0.15) is 0 Å². The fraction of sp³-hybridized carbons (Fsp3) is 0.467. The maximum Gasteiger partial charge on any atom is 0.313 e. The van der Waals surface area contributed by atoms with E-state index in [0.29, 0.717) is 12.2 Å². The third kappa shape index (κ3) is 4.39. The Balaban J connectivity index is 2.66. The van der Waals surface area contributed by atoms with Crippen LogP contribution in [-0.4, -0.2) is 30.3 Å². The number of unbranched alkanes of at least 4 members (excludes halogenated alkanes) is 1. The van der Waals surface area contributed by atoms with E-state index in [1.165, 1.54) is 4.90 Å². The lowest BCUT2D eigenvalue weighted by atomic mass is 10.1. The molecule has 0 aliphatic rings. The van der Waals surface area contributed by atoms with Gasteiger partial charge in [-0.05, 0) is 31.9 Å². The van der Waals surface area contributed by atoms with Crippen LogP contribution in [0.1, 0.15) is 30.9 Å². The lowest BCUT2D eigenvalue weighted by molar-refractivity contribution is -0.142. The average molecular weight is 262 g/mol. The van der Waals surface area contributed by atoms with E-state index in [-0.39, 0.29) is 0 Å². The molecule has 0 atom stereocenters. The number of nitrogens with zero attached hydrogens (tertiary/aromatic N) is 1. The Hall–Kier alpha value is -1.84. The predicted octanol–water partition coefficient (Wildman–Crippen LogP) is 2.50. The van der Waals surface area contributed by atoms with Gasteiger partial charge in [0.1, 0.15) is 0 Å². The second-order valence-electron chi connectivity index (χ2n) is 4.85. The second kappa shape index (κ2) is 6.92. The number of hydrogen-bond donors (Lipinski definition) is 1. The fourth-order valence-corrected chi connectivity index (χ4v) is 1.80. The van der Waals surface area contributed by atoms with Crippen molar-refractivity contribution in [3.63, 3.8) is 0 Å². The molecule has 0 fully saturated rings. The first-order valence-electron chi connectivity index (χ1n) is 6.59. The molecule has 1 N–H and O–H groups in total. The summed E-state index contributed by atoms with van der Waals surface area (Å²) in [6.45, 7) is 6.56. The number of likely N-dealkylation sites (N-methyl/N-ethyl adjacent to an activating group) is 1. The van der Waals surface area contributed by atoms with Gasteiger partial charge in [0.05, 0.1) is 0 Å². The molecule has 0 spiro atoms. The van der Waals surface area contributed by atoms with Crippen LogP contribution in [0.15, 0.2) is 18.2 Å². The van der Waals surface area contributed by atoms with Crippen molar-refractivity contribution in [2.24, 2.45) is 0 Å². The van der Waals surface area contributed by atoms with E-state index in [2.05, 4.69) is 5.32 Å². The predicted molar refractivity (Wildman–Crippen MR) is 77.1 cm³/mol. The van der Waals surface area contributed by atoms with Crippen LogP contribution >= 0.6 is 0 Å². The highest BCUT2D eigenvalue weighted by atomic mass is 16.2. The zero-order valence-corrected chi connectivity index (χ0v) is 12.1. The smallest absolute Gasteiger partial charge is 0.313 e. The third-order valence-corrected chi connectivity index (χ3v) is 3.02. The molecular weight excluding hydrogens is 240 g/mol. The molecule has 0 aliphatic carbocycles. The third-order valence-electron chi connectivity index (χ3n) is 3.02. The van der Waals surface area contributed by atoms with Gasteiger partial charge in [-0.3, -0.25) is 9.59 Å². The highest BCUT2D eigenvalue weighted by molar-refractivity contribution is 6.39. The Kier molecular flexibility index (Phi) is 5.55. The first-order chi connectivity index (χ1) is 8.95. The van der Waals surface area contributed by atoms with Crippen molar-refractivity contribution in [3.05, 3.63) is 29.3 Å². The molecule has 4 nitrogen and oxygen atoms in total. The molecule has 0 bridgehead atoms. The van der Waals surface area contributed by atoms with Gasteiger partial charge in [0.15, 0.2) is 0 Å². The van der Waals surface area contributed by atoms with Crippen LogP contribution in [-0.2, 0) is 9.59 Å². The van der Waals surface area contributed by atoms with Gasteiger partial charge in [-0.15, -0.1) is 0 Å². The molecule has 4 heteroatoms. The molecule has 0 radical (unpaired) electrons. The Morgan fingerprint density at radius 2 is 1.95 bits per heavy atom. The van der Waals surface area contributed by atoms with E-state index >= 15 is 0 Å². The van der Waals surface area contributed by atoms with Crippen LogP contribution < -0.4 is 5.32 Å². The van der Waals surface area contributed by atoms with E-state index in [1.807, 2.05) is 39.0 Å². The Bertz CT molecular complexity index is 469. The van der Waals surface area contributed by atoms with Crippen molar-refractivity contribution in [1.82, 2.24) is 4.90 Å². The lowest BCUT2D eigenvalue weighted by Crippen LogP contribution is -2.37. The van der Waals surface area contributed by atoms with Crippen molar-refractivity contribution in [2.45, 2.75) is 33.6 Å². The summed E-state index contributed by atoms with van der Waals surface area (Å²) < 4.78 is 0. The lowest BCUT2D eigenvalue weighted by Gasteiger charge is -2.16. The summed E-state index contributed by atoms with van der Waals surface area (Å²) in [6, 6.07) is 5.71. The summed E-state index contributed by atoms with van der Waals surface area (Å²) in [5.41, 5.74) is 2.77. The minimum atomic E-state index is -0.578. The first-order valence-corrected chi connectivity index (χ1v) is 6.59. The minimum absolute atomic E-state index is 0.492. The number of aryl methyl sites for hydroxylation is 2. The van der Waals surface area contributed by atoms with E-state index < -0.39 is 11.8 Å². The Labute approximate surface area is 114 Å². The number of hydrogen-bond acceptors (Lipinski definition) is 2. The number of carbonyl (C=O) groups is 2. The first kappa shape index (κ1) is 15.2. The molecule has 0 saturated heterocycles. The summed E-state index contributed by atoms with van der Waals surface area (Å²) in [5.74, 6) is -1.07. The molecule has 0 aliphatic heterocycles. The second-order valence-corrected chi connectivity index (χ2v) is 4.85. The van der Waals surface area contributed by atoms with Crippen molar-refractivity contribution >= 4 is 17.5 Å². The summed E-state index contributed by atoms with van der Waals surface area (Å²) in [4.78, 5) is 25.2. The molecule has 0 saturated carbocycles. The number of benzene rings is 1. The van der Waals surface area contributed by atoms with E-state index in [9.17, 15) is 9.59 Å². The van der Waals surface area contributed by atoms with Crippen LogP contribution in [0.25, 0.3) is 0 Å². The highest BCUT2D eigenvalue weighted by Crippen LogP contribution is 2.15. The number of rotatable bonds is 4. The standard InChI is InChI=1S/C15H22N2O2/c1-5-6-9-17(4)15(19)14(18)16-13-8-7-11(2)10-12(13)3/h7-8,10H,5-6,9H2,1-4H3,(H,16,18). The van der Waals surface area contributed by atoms with Gasteiger partial charge < -0.3 is 10.2 Å². The summed E-state index contributed by atoms with van der Waals surface area (Å²) in [7, 11) is 1.65.